The molecule has 1 N–H and O–H groups in total. The second-order valence-corrected chi connectivity index (χ2v) is 7.41. The van der Waals surface area contributed by atoms with Crippen molar-refractivity contribution in [3.8, 4) is 11.4 Å². The van der Waals surface area contributed by atoms with Crippen molar-refractivity contribution in [3.05, 3.63) is 66.6 Å². The van der Waals surface area contributed by atoms with E-state index in [-0.39, 0.29) is 11.8 Å². The van der Waals surface area contributed by atoms with Crippen LogP contribution >= 0.6 is 0 Å². The SMILES string of the molecule is O=C(NCc1ccco1)C1CCN(c2ccc3nnc(-c4ccccc4)n3n2)CC1. The molecule has 4 heterocycles. The molecular weight excluding hydrogens is 380 g/mol. The number of aromatic nitrogens is 4. The summed E-state index contributed by atoms with van der Waals surface area (Å²) >= 11 is 0. The van der Waals surface area contributed by atoms with Gasteiger partial charge in [-0.3, -0.25) is 4.79 Å². The molecule has 1 saturated heterocycles. The Bertz CT molecular complexity index is 1130. The van der Waals surface area contributed by atoms with Crippen molar-refractivity contribution >= 4 is 17.4 Å². The molecule has 0 saturated carbocycles. The molecule has 0 bridgehead atoms. The zero-order valence-corrected chi connectivity index (χ0v) is 16.4. The Morgan fingerprint density at radius 1 is 1.03 bits per heavy atom. The van der Waals surface area contributed by atoms with Crippen LogP contribution in [0.5, 0.6) is 0 Å². The van der Waals surface area contributed by atoms with Gasteiger partial charge in [0.25, 0.3) is 0 Å². The molecule has 0 unspecified atom stereocenters. The lowest BCUT2D eigenvalue weighted by Gasteiger charge is -2.32. The number of nitrogens with zero attached hydrogens (tertiary/aromatic N) is 5. The van der Waals surface area contributed by atoms with Crippen LogP contribution in [0.3, 0.4) is 0 Å². The van der Waals surface area contributed by atoms with E-state index in [1.54, 1.807) is 10.8 Å². The summed E-state index contributed by atoms with van der Waals surface area (Å²) in [6, 6.07) is 17.5. The van der Waals surface area contributed by atoms with E-state index in [1.807, 2.05) is 54.6 Å². The summed E-state index contributed by atoms with van der Waals surface area (Å²) in [5, 5.41) is 16.3. The number of fused-ring (bicyclic) bond motifs is 1. The number of carbonyl (C=O) groups excluding carboxylic acids is 1. The van der Waals surface area contributed by atoms with Gasteiger partial charge in [0.1, 0.15) is 11.6 Å². The van der Waals surface area contributed by atoms with Crippen LogP contribution in [0.1, 0.15) is 18.6 Å². The minimum atomic E-state index is 0.00901. The number of furan rings is 1. The molecule has 0 radical (unpaired) electrons. The highest BCUT2D eigenvalue weighted by Gasteiger charge is 2.26. The maximum absolute atomic E-state index is 12.5. The molecule has 1 amide bonds. The number of nitrogens with one attached hydrogen (secondary N) is 1. The normalized spacial score (nSPS) is 14.9. The number of anilines is 1. The first-order valence-corrected chi connectivity index (χ1v) is 10.1. The molecule has 0 aliphatic carbocycles. The summed E-state index contributed by atoms with van der Waals surface area (Å²) in [5.41, 5.74) is 1.69. The van der Waals surface area contributed by atoms with E-state index in [4.69, 9.17) is 9.52 Å². The second-order valence-electron chi connectivity index (χ2n) is 7.41. The van der Waals surface area contributed by atoms with Crippen LogP contribution < -0.4 is 10.2 Å². The predicted octanol–water partition coefficient (Wildman–Crippen LogP) is 2.92. The minimum Gasteiger partial charge on any atom is -0.467 e. The fraction of sp³-hybridized carbons (Fsp3) is 0.273. The summed E-state index contributed by atoms with van der Waals surface area (Å²) < 4.78 is 7.06. The molecule has 1 aliphatic rings. The van der Waals surface area contributed by atoms with Crippen LogP contribution in [0.25, 0.3) is 17.0 Å². The first-order valence-electron chi connectivity index (χ1n) is 10.1. The number of hydrogen-bond acceptors (Lipinski definition) is 6. The van der Waals surface area contributed by atoms with E-state index in [1.165, 1.54) is 0 Å². The molecule has 5 rings (SSSR count). The number of rotatable bonds is 5. The van der Waals surface area contributed by atoms with Gasteiger partial charge in [-0.2, -0.15) is 4.52 Å². The zero-order chi connectivity index (χ0) is 20.3. The topological polar surface area (TPSA) is 88.6 Å². The molecule has 8 nitrogen and oxygen atoms in total. The molecule has 3 aromatic heterocycles. The largest absolute Gasteiger partial charge is 0.467 e. The highest BCUT2D eigenvalue weighted by atomic mass is 16.3. The van der Waals surface area contributed by atoms with Gasteiger partial charge in [-0.15, -0.1) is 15.3 Å². The summed E-state index contributed by atoms with van der Waals surface area (Å²) in [6.45, 7) is 1.99. The molecule has 4 aromatic rings. The van der Waals surface area contributed by atoms with Crippen LogP contribution in [0.2, 0.25) is 0 Å². The zero-order valence-electron chi connectivity index (χ0n) is 16.4. The van der Waals surface area contributed by atoms with Gasteiger partial charge in [-0.1, -0.05) is 30.3 Å². The first-order chi connectivity index (χ1) is 14.8. The van der Waals surface area contributed by atoms with E-state index in [2.05, 4.69) is 20.4 Å². The average molecular weight is 402 g/mol. The number of hydrogen-bond donors (Lipinski definition) is 1. The van der Waals surface area contributed by atoms with Crippen molar-refractivity contribution in [2.45, 2.75) is 19.4 Å². The van der Waals surface area contributed by atoms with Crippen molar-refractivity contribution in [1.29, 1.82) is 0 Å². The van der Waals surface area contributed by atoms with Gasteiger partial charge >= 0.3 is 0 Å². The van der Waals surface area contributed by atoms with Gasteiger partial charge in [0.15, 0.2) is 11.5 Å². The number of carbonyl (C=O) groups is 1. The van der Waals surface area contributed by atoms with Crippen molar-refractivity contribution in [2.75, 3.05) is 18.0 Å². The van der Waals surface area contributed by atoms with Crippen LogP contribution in [-0.2, 0) is 11.3 Å². The first kappa shape index (κ1) is 18.4. The molecule has 8 heteroatoms. The maximum Gasteiger partial charge on any atom is 0.223 e. The Kier molecular flexibility index (Phi) is 4.88. The Morgan fingerprint density at radius 3 is 2.63 bits per heavy atom. The minimum absolute atomic E-state index is 0.00901. The highest BCUT2D eigenvalue weighted by Crippen LogP contribution is 2.24. The number of piperidine rings is 1. The standard InChI is InChI=1S/C22H22N6O2/c29-22(23-15-18-7-4-14-30-18)17-10-12-27(13-11-17)20-9-8-19-24-25-21(28(19)26-20)16-5-2-1-3-6-16/h1-9,14,17H,10-13,15H2,(H,23,29). The van der Waals surface area contributed by atoms with Crippen LogP contribution in [0, 0.1) is 5.92 Å². The maximum atomic E-state index is 12.5. The van der Waals surface area contributed by atoms with Crippen molar-refractivity contribution in [3.63, 3.8) is 0 Å². The number of benzene rings is 1. The molecule has 1 fully saturated rings. The Balaban J connectivity index is 1.26. The number of amides is 1. The summed E-state index contributed by atoms with van der Waals surface area (Å²) in [6.07, 6.45) is 3.19. The summed E-state index contributed by atoms with van der Waals surface area (Å²) in [4.78, 5) is 14.7. The van der Waals surface area contributed by atoms with E-state index in [9.17, 15) is 4.79 Å². The molecule has 1 aliphatic heterocycles. The van der Waals surface area contributed by atoms with Gasteiger partial charge < -0.3 is 14.6 Å². The Hall–Kier alpha value is -3.68. The van der Waals surface area contributed by atoms with Crippen LogP contribution in [0.4, 0.5) is 5.82 Å². The molecule has 1 aromatic carbocycles. The van der Waals surface area contributed by atoms with Crippen molar-refractivity contribution in [2.24, 2.45) is 5.92 Å². The van der Waals surface area contributed by atoms with E-state index < -0.39 is 0 Å². The van der Waals surface area contributed by atoms with E-state index in [0.29, 0.717) is 12.2 Å². The Morgan fingerprint density at radius 2 is 1.87 bits per heavy atom. The molecule has 152 valence electrons. The second kappa shape index (κ2) is 7.98. The quantitative estimate of drug-likeness (QED) is 0.552. The third-order valence-electron chi connectivity index (χ3n) is 5.49. The van der Waals surface area contributed by atoms with E-state index >= 15 is 0 Å². The Labute approximate surface area is 173 Å². The van der Waals surface area contributed by atoms with Gasteiger partial charge in [-0.05, 0) is 37.1 Å². The fourth-order valence-corrected chi connectivity index (χ4v) is 3.82. The third-order valence-corrected chi connectivity index (χ3v) is 5.49. The van der Waals surface area contributed by atoms with E-state index in [0.717, 1.165) is 48.9 Å². The predicted molar refractivity (Wildman–Crippen MR) is 112 cm³/mol. The summed E-state index contributed by atoms with van der Waals surface area (Å²) in [7, 11) is 0. The lowest BCUT2D eigenvalue weighted by molar-refractivity contribution is -0.125. The van der Waals surface area contributed by atoms with Gasteiger partial charge in [0.2, 0.25) is 5.91 Å². The fourth-order valence-electron chi connectivity index (χ4n) is 3.82. The average Bonchev–Trinajstić information content (AvgIpc) is 3.47. The third kappa shape index (κ3) is 3.63. The molecule has 0 atom stereocenters. The van der Waals surface area contributed by atoms with Crippen LogP contribution in [0.15, 0.2) is 65.3 Å². The molecule has 0 spiro atoms. The smallest absolute Gasteiger partial charge is 0.223 e. The monoisotopic (exact) mass is 402 g/mol. The van der Waals surface area contributed by atoms with Crippen LogP contribution in [-0.4, -0.2) is 38.8 Å². The van der Waals surface area contributed by atoms with Gasteiger partial charge in [0.05, 0.1) is 12.8 Å². The lowest BCUT2D eigenvalue weighted by atomic mass is 9.96. The lowest BCUT2D eigenvalue weighted by Crippen LogP contribution is -2.40. The van der Waals surface area contributed by atoms with Crippen molar-refractivity contribution < 1.29 is 9.21 Å². The molecule has 30 heavy (non-hydrogen) atoms. The van der Waals surface area contributed by atoms with Crippen molar-refractivity contribution in [1.82, 2.24) is 25.1 Å². The van der Waals surface area contributed by atoms with Gasteiger partial charge in [0, 0.05) is 24.6 Å². The molecular formula is C22H22N6O2. The van der Waals surface area contributed by atoms with Gasteiger partial charge in [-0.25, -0.2) is 0 Å². The summed E-state index contributed by atoms with van der Waals surface area (Å²) in [5.74, 6) is 2.45. The highest BCUT2D eigenvalue weighted by molar-refractivity contribution is 5.78.